The summed E-state index contributed by atoms with van der Waals surface area (Å²) in [4.78, 5) is 6.65. The van der Waals surface area contributed by atoms with Gasteiger partial charge in [-0.3, -0.25) is 0 Å². The number of alkyl halides is 3. The molecule has 1 fully saturated rings. The summed E-state index contributed by atoms with van der Waals surface area (Å²) in [5.74, 6) is -0.174. The Kier molecular flexibility index (Phi) is 4.38. The third-order valence-corrected chi connectivity index (χ3v) is 5.09. The fraction of sp³-hybridized carbons (Fsp3) is 0.636. The molecule has 0 radical (unpaired) electrons. The van der Waals surface area contributed by atoms with Crippen LogP contribution in [-0.2, 0) is 10.0 Å². The van der Waals surface area contributed by atoms with E-state index in [2.05, 4.69) is 9.97 Å². The topological polar surface area (TPSA) is 89.2 Å². The van der Waals surface area contributed by atoms with E-state index >= 15 is 0 Å². The minimum absolute atomic E-state index is 0.0307. The van der Waals surface area contributed by atoms with E-state index in [0.717, 1.165) is 31.7 Å². The molecule has 0 bridgehead atoms. The predicted octanol–water partition coefficient (Wildman–Crippen LogP) is 1.41. The molecule has 0 saturated heterocycles. The number of sulfonamides is 1. The number of hydrogen-bond acceptors (Lipinski definition) is 5. The van der Waals surface area contributed by atoms with Gasteiger partial charge in [-0.05, 0) is 18.8 Å². The van der Waals surface area contributed by atoms with Crippen LogP contribution in [0, 0.1) is 5.92 Å². The molecule has 0 spiro atoms. The Labute approximate surface area is 120 Å². The van der Waals surface area contributed by atoms with Gasteiger partial charge in [-0.1, -0.05) is 6.42 Å². The van der Waals surface area contributed by atoms with E-state index in [1.54, 1.807) is 0 Å². The maximum absolute atomic E-state index is 12.6. The normalized spacial score (nSPS) is 17.0. The van der Waals surface area contributed by atoms with Gasteiger partial charge in [0.15, 0.2) is 0 Å². The van der Waals surface area contributed by atoms with Crippen LogP contribution in [0.1, 0.15) is 19.3 Å². The molecule has 1 heterocycles. The van der Waals surface area contributed by atoms with Gasteiger partial charge in [0.25, 0.3) is 0 Å². The zero-order chi connectivity index (χ0) is 15.7. The SMILES string of the molecule is Nc1ncc(S(=O)(=O)N(CC2CCC2)CC(F)(F)F)cn1. The summed E-state index contributed by atoms with van der Waals surface area (Å²) in [6.45, 7) is -1.66. The highest BCUT2D eigenvalue weighted by Gasteiger charge is 2.39. The van der Waals surface area contributed by atoms with Crippen molar-refractivity contribution in [3.8, 4) is 0 Å². The lowest BCUT2D eigenvalue weighted by molar-refractivity contribution is -0.137. The van der Waals surface area contributed by atoms with E-state index in [4.69, 9.17) is 5.73 Å². The fourth-order valence-electron chi connectivity index (χ4n) is 2.02. The van der Waals surface area contributed by atoms with E-state index < -0.39 is 22.7 Å². The maximum Gasteiger partial charge on any atom is 0.402 e. The van der Waals surface area contributed by atoms with Gasteiger partial charge in [-0.2, -0.15) is 17.5 Å². The van der Waals surface area contributed by atoms with E-state index in [-0.39, 0.29) is 23.3 Å². The lowest BCUT2D eigenvalue weighted by Gasteiger charge is -2.32. The van der Waals surface area contributed by atoms with Gasteiger partial charge in [0.2, 0.25) is 16.0 Å². The van der Waals surface area contributed by atoms with Crippen molar-refractivity contribution in [2.45, 2.75) is 30.3 Å². The molecular weight excluding hydrogens is 309 g/mol. The minimum Gasteiger partial charge on any atom is -0.368 e. The minimum atomic E-state index is -4.61. The first-order valence-corrected chi connectivity index (χ1v) is 7.77. The van der Waals surface area contributed by atoms with Crippen molar-refractivity contribution in [1.82, 2.24) is 14.3 Å². The molecule has 2 rings (SSSR count). The van der Waals surface area contributed by atoms with Crippen LogP contribution in [0.5, 0.6) is 0 Å². The Morgan fingerprint density at radius 1 is 1.29 bits per heavy atom. The molecule has 0 atom stereocenters. The van der Waals surface area contributed by atoms with Gasteiger partial charge >= 0.3 is 6.18 Å². The molecule has 1 aromatic rings. The number of nitrogens with two attached hydrogens (primary N) is 1. The molecule has 0 aliphatic heterocycles. The fourth-order valence-corrected chi connectivity index (χ4v) is 3.41. The number of hydrogen-bond donors (Lipinski definition) is 1. The van der Waals surface area contributed by atoms with Crippen LogP contribution in [-0.4, -0.2) is 42.0 Å². The molecule has 0 aromatic carbocycles. The Morgan fingerprint density at radius 2 is 1.86 bits per heavy atom. The number of aromatic nitrogens is 2. The van der Waals surface area contributed by atoms with Crippen LogP contribution >= 0.6 is 0 Å². The molecule has 1 saturated carbocycles. The Morgan fingerprint density at radius 3 is 2.29 bits per heavy atom. The molecule has 0 amide bonds. The predicted molar refractivity (Wildman–Crippen MR) is 68.6 cm³/mol. The number of nitrogen functional groups attached to an aromatic ring is 1. The van der Waals surface area contributed by atoms with Gasteiger partial charge < -0.3 is 5.73 Å². The average Bonchev–Trinajstić information content (AvgIpc) is 2.31. The zero-order valence-corrected chi connectivity index (χ0v) is 11.9. The molecule has 6 nitrogen and oxygen atoms in total. The van der Waals surface area contributed by atoms with Crippen LogP contribution < -0.4 is 5.73 Å². The third kappa shape index (κ3) is 4.03. The van der Waals surface area contributed by atoms with Gasteiger partial charge in [-0.15, -0.1) is 0 Å². The quantitative estimate of drug-likeness (QED) is 0.884. The van der Waals surface area contributed by atoms with Crippen molar-refractivity contribution in [2.75, 3.05) is 18.8 Å². The smallest absolute Gasteiger partial charge is 0.368 e. The highest BCUT2D eigenvalue weighted by molar-refractivity contribution is 7.89. The number of anilines is 1. The van der Waals surface area contributed by atoms with E-state index in [9.17, 15) is 21.6 Å². The molecular formula is C11H15F3N4O2S. The lowest BCUT2D eigenvalue weighted by Crippen LogP contribution is -2.43. The van der Waals surface area contributed by atoms with Gasteiger partial charge in [0, 0.05) is 6.54 Å². The van der Waals surface area contributed by atoms with E-state index in [1.807, 2.05) is 0 Å². The lowest BCUT2D eigenvalue weighted by atomic mass is 9.85. The summed E-state index contributed by atoms with van der Waals surface area (Å²) in [6.07, 6.45) is -0.380. The average molecular weight is 324 g/mol. The van der Waals surface area contributed by atoms with Crippen LogP contribution in [0.4, 0.5) is 19.1 Å². The highest BCUT2D eigenvalue weighted by Crippen LogP contribution is 2.30. The van der Waals surface area contributed by atoms with Crippen molar-refractivity contribution < 1.29 is 21.6 Å². The molecule has 118 valence electrons. The molecule has 10 heteroatoms. The van der Waals surface area contributed by atoms with Crippen molar-refractivity contribution in [2.24, 2.45) is 5.92 Å². The summed E-state index contributed by atoms with van der Waals surface area (Å²) in [7, 11) is -4.29. The third-order valence-electron chi connectivity index (χ3n) is 3.33. The van der Waals surface area contributed by atoms with Crippen molar-refractivity contribution in [3.05, 3.63) is 12.4 Å². The number of nitrogens with zero attached hydrogens (tertiary/aromatic N) is 3. The molecule has 1 aliphatic carbocycles. The molecule has 21 heavy (non-hydrogen) atoms. The molecule has 0 unspecified atom stereocenters. The standard InChI is InChI=1S/C11H15F3N4O2S/c12-11(13,14)7-18(6-8-2-1-3-8)21(19,20)9-4-16-10(15)17-5-9/h4-5,8H,1-3,6-7H2,(H2,15,16,17). The number of halogens is 3. The second-order valence-electron chi connectivity index (χ2n) is 4.99. The summed E-state index contributed by atoms with van der Waals surface area (Å²) < 4.78 is 62.9. The summed E-state index contributed by atoms with van der Waals surface area (Å²) in [6, 6.07) is 0. The first-order chi connectivity index (χ1) is 9.68. The molecule has 1 aromatic heterocycles. The van der Waals surface area contributed by atoms with Gasteiger partial charge in [-0.25, -0.2) is 18.4 Å². The highest BCUT2D eigenvalue weighted by atomic mass is 32.2. The first kappa shape index (κ1) is 16.0. The van der Waals surface area contributed by atoms with Gasteiger partial charge in [0.1, 0.15) is 11.4 Å². The van der Waals surface area contributed by atoms with Crippen LogP contribution in [0.25, 0.3) is 0 Å². The van der Waals surface area contributed by atoms with E-state index in [1.165, 1.54) is 0 Å². The first-order valence-electron chi connectivity index (χ1n) is 6.33. The Balaban J connectivity index is 2.26. The second-order valence-corrected chi connectivity index (χ2v) is 6.92. The molecule has 2 N–H and O–H groups in total. The van der Waals surface area contributed by atoms with Crippen LogP contribution in [0.15, 0.2) is 17.3 Å². The second kappa shape index (κ2) is 5.76. The summed E-state index contributed by atoms with van der Waals surface area (Å²) >= 11 is 0. The van der Waals surface area contributed by atoms with E-state index in [0.29, 0.717) is 4.31 Å². The van der Waals surface area contributed by atoms with Crippen LogP contribution in [0.2, 0.25) is 0 Å². The number of rotatable bonds is 5. The van der Waals surface area contributed by atoms with Crippen molar-refractivity contribution >= 4 is 16.0 Å². The Hall–Kier alpha value is -1.42. The largest absolute Gasteiger partial charge is 0.402 e. The monoisotopic (exact) mass is 324 g/mol. The van der Waals surface area contributed by atoms with Crippen molar-refractivity contribution in [3.63, 3.8) is 0 Å². The summed E-state index contributed by atoms with van der Waals surface area (Å²) in [5.41, 5.74) is 5.25. The molecule has 1 aliphatic rings. The van der Waals surface area contributed by atoms with Crippen molar-refractivity contribution in [1.29, 1.82) is 0 Å². The summed E-state index contributed by atoms with van der Waals surface area (Å²) in [5, 5.41) is 0. The Bertz CT molecular complexity index is 584. The van der Waals surface area contributed by atoms with Gasteiger partial charge in [0.05, 0.1) is 12.4 Å². The maximum atomic E-state index is 12.6. The zero-order valence-electron chi connectivity index (χ0n) is 11.0. The van der Waals surface area contributed by atoms with Crippen LogP contribution in [0.3, 0.4) is 0 Å².